The van der Waals surface area contributed by atoms with Crippen molar-refractivity contribution < 1.29 is 0 Å². The Morgan fingerprint density at radius 2 is 1.74 bits per heavy atom. The van der Waals surface area contributed by atoms with Crippen molar-refractivity contribution >= 4 is 61.5 Å². The maximum atomic E-state index is 5.85. The number of benzene rings is 2. The minimum Gasteiger partial charge on any atom is -0.341 e. The van der Waals surface area contributed by atoms with Gasteiger partial charge in [0.1, 0.15) is 4.32 Å². The Kier molecular flexibility index (Phi) is 5.70. The fourth-order valence-electron chi connectivity index (χ4n) is 1.42. The first-order chi connectivity index (χ1) is 9.13. The largest absolute Gasteiger partial charge is 0.341 e. The second kappa shape index (κ2) is 7.29. The summed E-state index contributed by atoms with van der Waals surface area (Å²) in [5.41, 5.74) is 2.20. The summed E-state index contributed by atoms with van der Waals surface area (Å²) < 4.78 is 1.81. The number of hydrogen-bond acceptors (Lipinski definition) is 2. The van der Waals surface area contributed by atoms with Gasteiger partial charge in [0.2, 0.25) is 0 Å². The van der Waals surface area contributed by atoms with Crippen molar-refractivity contribution in [2.24, 2.45) is 0 Å². The molecule has 0 heterocycles. The molecule has 0 unspecified atom stereocenters. The fraction of sp³-hybridized carbons (Fsp3) is 0.0714. The fourth-order valence-corrected chi connectivity index (χ4v) is 2.78. The van der Waals surface area contributed by atoms with E-state index in [0.717, 1.165) is 25.3 Å². The van der Waals surface area contributed by atoms with Crippen molar-refractivity contribution in [3.8, 4) is 0 Å². The number of nitrogens with one attached hydrogen (secondary N) is 1. The lowest BCUT2D eigenvalue weighted by Gasteiger charge is -2.07. The van der Waals surface area contributed by atoms with Crippen LogP contribution in [0.4, 0.5) is 5.69 Å². The topological polar surface area (TPSA) is 12.0 Å². The SMILES string of the molecule is S=C(Nc1ccc(Br)cc1)SCc1ccc(Cl)cc1. The van der Waals surface area contributed by atoms with E-state index >= 15 is 0 Å². The molecule has 2 aromatic carbocycles. The Labute approximate surface area is 135 Å². The highest BCUT2D eigenvalue weighted by molar-refractivity contribution is 9.10. The molecule has 0 fully saturated rings. The van der Waals surface area contributed by atoms with Crippen LogP contribution in [-0.2, 0) is 5.75 Å². The van der Waals surface area contributed by atoms with E-state index in [-0.39, 0.29) is 0 Å². The van der Waals surface area contributed by atoms with Crippen molar-refractivity contribution in [2.75, 3.05) is 5.32 Å². The van der Waals surface area contributed by atoms with E-state index in [2.05, 4.69) is 21.2 Å². The highest BCUT2D eigenvalue weighted by Crippen LogP contribution is 2.19. The summed E-state index contributed by atoms with van der Waals surface area (Å²) in [5, 5.41) is 3.95. The van der Waals surface area contributed by atoms with Gasteiger partial charge in [-0.1, -0.05) is 63.6 Å². The minimum absolute atomic E-state index is 0.754. The third-order valence-corrected chi connectivity index (χ3v) is 4.45. The van der Waals surface area contributed by atoms with Crippen molar-refractivity contribution in [3.63, 3.8) is 0 Å². The molecular weight excluding hydrogens is 362 g/mol. The molecule has 0 radical (unpaired) electrons. The zero-order chi connectivity index (χ0) is 13.7. The molecule has 0 saturated carbocycles. The molecule has 0 aliphatic carbocycles. The van der Waals surface area contributed by atoms with E-state index in [0.29, 0.717) is 0 Å². The van der Waals surface area contributed by atoms with E-state index in [9.17, 15) is 0 Å². The van der Waals surface area contributed by atoms with E-state index in [1.165, 1.54) is 5.56 Å². The average Bonchev–Trinajstić information content (AvgIpc) is 2.41. The van der Waals surface area contributed by atoms with Crippen molar-refractivity contribution in [1.29, 1.82) is 0 Å². The number of hydrogen-bond donors (Lipinski definition) is 1. The number of rotatable bonds is 3. The monoisotopic (exact) mass is 371 g/mol. The molecule has 0 aliphatic heterocycles. The molecule has 0 spiro atoms. The van der Waals surface area contributed by atoms with Gasteiger partial charge in [-0.2, -0.15) is 0 Å². The van der Waals surface area contributed by atoms with Gasteiger partial charge in [0.05, 0.1) is 0 Å². The number of thiocarbonyl (C=S) groups is 1. The molecule has 0 bridgehead atoms. The predicted octanol–water partition coefficient (Wildman–Crippen LogP) is 5.73. The summed E-state index contributed by atoms with van der Waals surface area (Å²) in [4.78, 5) is 0. The van der Waals surface area contributed by atoms with Crippen LogP contribution >= 0.6 is 51.5 Å². The van der Waals surface area contributed by atoms with Gasteiger partial charge in [-0.15, -0.1) is 0 Å². The van der Waals surface area contributed by atoms with Gasteiger partial charge in [0.15, 0.2) is 0 Å². The molecule has 1 nitrogen and oxygen atoms in total. The van der Waals surface area contributed by atoms with Gasteiger partial charge in [-0.25, -0.2) is 0 Å². The molecule has 0 saturated heterocycles. The maximum absolute atomic E-state index is 5.85. The zero-order valence-electron chi connectivity index (χ0n) is 9.90. The van der Waals surface area contributed by atoms with E-state index in [1.807, 2.05) is 48.5 Å². The van der Waals surface area contributed by atoms with Crippen LogP contribution in [0.25, 0.3) is 0 Å². The second-order valence-electron chi connectivity index (χ2n) is 3.83. The first-order valence-corrected chi connectivity index (χ1v) is 8.14. The third-order valence-electron chi connectivity index (χ3n) is 2.37. The molecule has 2 aromatic rings. The van der Waals surface area contributed by atoms with Crippen LogP contribution in [0.3, 0.4) is 0 Å². The molecular formula is C14H11BrClNS2. The van der Waals surface area contributed by atoms with Crippen LogP contribution in [0, 0.1) is 0 Å². The van der Waals surface area contributed by atoms with Crippen molar-refractivity contribution in [2.45, 2.75) is 5.75 Å². The summed E-state index contributed by atoms with van der Waals surface area (Å²) in [6.45, 7) is 0. The Morgan fingerprint density at radius 3 is 2.37 bits per heavy atom. The number of halogens is 2. The van der Waals surface area contributed by atoms with Crippen LogP contribution in [0.15, 0.2) is 53.0 Å². The molecule has 0 aliphatic rings. The van der Waals surface area contributed by atoms with E-state index < -0.39 is 0 Å². The third kappa shape index (κ3) is 5.15. The van der Waals surface area contributed by atoms with E-state index in [4.69, 9.17) is 23.8 Å². The first-order valence-electron chi connectivity index (χ1n) is 5.57. The number of anilines is 1. The Hall–Kier alpha value is -0.550. The maximum Gasteiger partial charge on any atom is 0.138 e. The second-order valence-corrected chi connectivity index (χ2v) is 6.84. The molecule has 0 amide bonds. The molecule has 98 valence electrons. The molecule has 0 atom stereocenters. The lowest BCUT2D eigenvalue weighted by atomic mass is 10.2. The summed E-state index contributed by atoms with van der Waals surface area (Å²) in [6, 6.07) is 15.7. The lowest BCUT2D eigenvalue weighted by molar-refractivity contribution is 1.42. The highest BCUT2D eigenvalue weighted by atomic mass is 79.9. The summed E-state index contributed by atoms with van der Waals surface area (Å²) in [7, 11) is 0. The average molecular weight is 373 g/mol. The van der Waals surface area contributed by atoms with Gasteiger partial charge in [-0.05, 0) is 42.0 Å². The summed E-state index contributed by atoms with van der Waals surface area (Å²) in [5.74, 6) is 0.833. The molecule has 0 aromatic heterocycles. The van der Waals surface area contributed by atoms with Crippen LogP contribution in [0.5, 0.6) is 0 Å². The lowest BCUT2D eigenvalue weighted by Crippen LogP contribution is -2.04. The molecule has 1 N–H and O–H groups in total. The van der Waals surface area contributed by atoms with Gasteiger partial charge in [-0.3, -0.25) is 0 Å². The van der Waals surface area contributed by atoms with Gasteiger partial charge < -0.3 is 5.32 Å². The zero-order valence-corrected chi connectivity index (χ0v) is 13.9. The number of thioether (sulfide) groups is 1. The Bertz CT molecular complexity index is 555. The van der Waals surface area contributed by atoms with E-state index in [1.54, 1.807) is 11.8 Å². The smallest absolute Gasteiger partial charge is 0.138 e. The van der Waals surface area contributed by atoms with Gasteiger partial charge in [0.25, 0.3) is 0 Å². The molecule has 19 heavy (non-hydrogen) atoms. The van der Waals surface area contributed by atoms with Crippen LogP contribution in [0.2, 0.25) is 5.02 Å². The van der Waals surface area contributed by atoms with Crippen LogP contribution < -0.4 is 5.32 Å². The van der Waals surface area contributed by atoms with Gasteiger partial charge >= 0.3 is 0 Å². The normalized spacial score (nSPS) is 10.2. The predicted molar refractivity (Wildman–Crippen MR) is 93.1 cm³/mol. The van der Waals surface area contributed by atoms with Crippen molar-refractivity contribution in [3.05, 3.63) is 63.6 Å². The van der Waals surface area contributed by atoms with Crippen LogP contribution in [0.1, 0.15) is 5.56 Å². The summed E-state index contributed by atoms with van der Waals surface area (Å²) >= 11 is 16.2. The first kappa shape index (κ1) is 14.9. The minimum atomic E-state index is 0.754. The van der Waals surface area contributed by atoms with Crippen molar-refractivity contribution in [1.82, 2.24) is 0 Å². The van der Waals surface area contributed by atoms with Gasteiger partial charge in [0, 0.05) is 20.9 Å². The summed E-state index contributed by atoms with van der Waals surface area (Å²) in [6.07, 6.45) is 0. The molecule has 2 rings (SSSR count). The standard InChI is InChI=1S/C14H11BrClNS2/c15-11-3-7-13(8-4-11)17-14(18)19-9-10-1-5-12(16)6-2-10/h1-8H,9H2,(H,17,18). The Balaban J connectivity index is 1.84. The van der Waals surface area contributed by atoms with Crippen LogP contribution in [-0.4, -0.2) is 4.32 Å². The quantitative estimate of drug-likeness (QED) is 0.691. The molecule has 5 heteroatoms. The Morgan fingerprint density at radius 1 is 1.11 bits per heavy atom. The highest BCUT2D eigenvalue weighted by Gasteiger charge is 2.00.